The number of carbonyl (C=O) groups excluding carboxylic acids is 1. The van der Waals surface area contributed by atoms with Crippen LogP contribution in [0.25, 0.3) is 0 Å². The zero-order valence-corrected chi connectivity index (χ0v) is 15.1. The van der Waals surface area contributed by atoms with Crippen molar-refractivity contribution in [1.82, 2.24) is 4.90 Å². The third kappa shape index (κ3) is 4.29. The number of rotatable bonds is 5. The van der Waals surface area contributed by atoms with E-state index in [0.29, 0.717) is 18.5 Å². The molecule has 1 amide bonds. The number of carbonyl (C=O) groups is 1. The summed E-state index contributed by atoms with van der Waals surface area (Å²) in [6.07, 6.45) is 2.40. The molecule has 2 heterocycles. The van der Waals surface area contributed by atoms with Crippen molar-refractivity contribution in [3.8, 4) is 0 Å². The Morgan fingerprint density at radius 3 is 2.83 bits per heavy atom. The molecule has 1 fully saturated rings. The number of aliphatic hydroxyl groups is 1. The van der Waals surface area contributed by atoms with Gasteiger partial charge in [-0.25, -0.2) is 0 Å². The Balaban J connectivity index is 0.00000208. The first-order chi connectivity index (χ1) is 11.1. The van der Waals surface area contributed by atoms with Gasteiger partial charge in [0.25, 0.3) is 0 Å². The summed E-state index contributed by atoms with van der Waals surface area (Å²) in [5.74, 6) is 0.101. The highest BCUT2D eigenvalue weighted by Gasteiger charge is 2.30. The molecule has 1 aromatic carbocycles. The summed E-state index contributed by atoms with van der Waals surface area (Å²) in [6.45, 7) is 0.771. The van der Waals surface area contributed by atoms with Gasteiger partial charge in [0.2, 0.25) is 5.91 Å². The number of aliphatic hydroxyl groups excluding tert-OH is 1. The standard InChI is InChI=1S/C18H22N2O2S.ClH/c19-15-7-2-1-5-13(15)11-18(22)20-9-3-6-14(20)12-16(21)17-8-4-10-23-17;/h1-2,4-5,7-8,10,14,16,21H,3,6,9,11-12,19H2;1H. The molecule has 1 aliphatic heterocycles. The van der Waals surface area contributed by atoms with Crippen molar-refractivity contribution in [3.63, 3.8) is 0 Å². The lowest BCUT2D eigenvalue weighted by Gasteiger charge is -2.26. The molecule has 1 aliphatic rings. The average molecular weight is 367 g/mol. The molecule has 0 radical (unpaired) electrons. The fraction of sp³-hybridized carbons (Fsp3) is 0.389. The zero-order valence-electron chi connectivity index (χ0n) is 13.4. The Hall–Kier alpha value is -1.56. The quantitative estimate of drug-likeness (QED) is 0.797. The monoisotopic (exact) mass is 366 g/mol. The molecular formula is C18H23ClN2O2S. The van der Waals surface area contributed by atoms with Crippen LogP contribution in [-0.4, -0.2) is 28.5 Å². The van der Waals surface area contributed by atoms with Crippen LogP contribution in [0.2, 0.25) is 0 Å². The summed E-state index contributed by atoms with van der Waals surface area (Å²) < 4.78 is 0. The van der Waals surface area contributed by atoms with Gasteiger partial charge in [-0.15, -0.1) is 23.7 Å². The maximum absolute atomic E-state index is 12.6. The Labute approximate surface area is 152 Å². The number of amides is 1. The van der Waals surface area contributed by atoms with Gasteiger partial charge in [0.05, 0.1) is 12.5 Å². The van der Waals surface area contributed by atoms with Crippen LogP contribution in [0, 0.1) is 0 Å². The van der Waals surface area contributed by atoms with Gasteiger partial charge < -0.3 is 15.7 Å². The molecule has 2 unspecified atom stereocenters. The van der Waals surface area contributed by atoms with Crippen LogP contribution in [0.15, 0.2) is 41.8 Å². The molecule has 2 aromatic rings. The van der Waals surface area contributed by atoms with Crippen LogP contribution in [0.5, 0.6) is 0 Å². The van der Waals surface area contributed by atoms with Crippen molar-refractivity contribution in [2.24, 2.45) is 0 Å². The summed E-state index contributed by atoms with van der Waals surface area (Å²) in [4.78, 5) is 15.5. The van der Waals surface area contributed by atoms with E-state index in [4.69, 9.17) is 5.73 Å². The summed E-state index contributed by atoms with van der Waals surface area (Å²) >= 11 is 1.56. The molecule has 0 aliphatic carbocycles. The smallest absolute Gasteiger partial charge is 0.227 e. The highest BCUT2D eigenvalue weighted by atomic mass is 35.5. The molecule has 0 bridgehead atoms. The Kier molecular flexibility index (Phi) is 6.66. The van der Waals surface area contributed by atoms with Crippen molar-refractivity contribution in [2.75, 3.05) is 12.3 Å². The molecule has 6 heteroatoms. The van der Waals surface area contributed by atoms with Gasteiger partial charge in [-0.1, -0.05) is 24.3 Å². The number of hydrogen-bond acceptors (Lipinski definition) is 4. The number of nitrogen functional groups attached to an aromatic ring is 1. The molecule has 4 nitrogen and oxygen atoms in total. The minimum absolute atomic E-state index is 0. The predicted octanol–water partition coefficient (Wildman–Crippen LogP) is 3.41. The van der Waals surface area contributed by atoms with Crippen molar-refractivity contribution in [1.29, 1.82) is 0 Å². The van der Waals surface area contributed by atoms with Crippen LogP contribution < -0.4 is 5.73 Å². The van der Waals surface area contributed by atoms with E-state index in [-0.39, 0.29) is 24.4 Å². The van der Waals surface area contributed by atoms with E-state index in [1.807, 2.05) is 46.7 Å². The van der Waals surface area contributed by atoms with Crippen LogP contribution >= 0.6 is 23.7 Å². The summed E-state index contributed by atoms with van der Waals surface area (Å²) in [5.41, 5.74) is 7.48. The van der Waals surface area contributed by atoms with Crippen LogP contribution in [0.3, 0.4) is 0 Å². The van der Waals surface area contributed by atoms with E-state index in [1.165, 1.54) is 0 Å². The number of anilines is 1. The zero-order chi connectivity index (χ0) is 16.2. The van der Waals surface area contributed by atoms with Gasteiger partial charge in [0, 0.05) is 23.2 Å². The third-order valence-electron chi connectivity index (χ3n) is 4.46. The lowest BCUT2D eigenvalue weighted by atomic mass is 10.0. The molecule has 2 atom stereocenters. The SMILES string of the molecule is Cl.Nc1ccccc1CC(=O)N1CCCC1CC(O)c1cccs1. The van der Waals surface area contributed by atoms with Gasteiger partial charge in [0.1, 0.15) is 0 Å². The average Bonchev–Trinajstić information content (AvgIpc) is 3.20. The number of benzene rings is 1. The maximum Gasteiger partial charge on any atom is 0.227 e. The highest BCUT2D eigenvalue weighted by molar-refractivity contribution is 7.10. The van der Waals surface area contributed by atoms with Gasteiger partial charge in [-0.3, -0.25) is 4.79 Å². The van der Waals surface area contributed by atoms with Crippen molar-refractivity contribution in [3.05, 3.63) is 52.2 Å². The second kappa shape index (κ2) is 8.51. The number of thiophene rings is 1. The van der Waals surface area contributed by atoms with E-state index in [0.717, 1.165) is 29.8 Å². The van der Waals surface area contributed by atoms with Gasteiger partial charge in [0.15, 0.2) is 0 Å². The first-order valence-electron chi connectivity index (χ1n) is 7.99. The fourth-order valence-electron chi connectivity index (χ4n) is 3.22. The minimum atomic E-state index is -0.491. The number of para-hydroxylation sites is 1. The first-order valence-corrected chi connectivity index (χ1v) is 8.87. The topological polar surface area (TPSA) is 66.6 Å². The summed E-state index contributed by atoms with van der Waals surface area (Å²) in [7, 11) is 0. The number of nitrogens with two attached hydrogens (primary N) is 1. The minimum Gasteiger partial charge on any atom is -0.398 e. The van der Waals surface area contributed by atoms with Crippen LogP contribution in [-0.2, 0) is 11.2 Å². The third-order valence-corrected chi connectivity index (χ3v) is 5.43. The molecule has 1 saturated heterocycles. The second-order valence-corrected chi connectivity index (χ2v) is 7.00. The van der Waals surface area contributed by atoms with Crippen molar-refractivity contribution < 1.29 is 9.90 Å². The van der Waals surface area contributed by atoms with Crippen LogP contribution in [0.4, 0.5) is 5.69 Å². The molecule has 3 rings (SSSR count). The van der Waals surface area contributed by atoms with Crippen molar-refractivity contribution in [2.45, 2.75) is 37.8 Å². The Morgan fingerprint density at radius 1 is 1.33 bits per heavy atom. The van der Waals surface area contributed by atoms with Gasteiger partial charge in [-0.2, -0.15) is 0 Å². The molecule has 3 N–H and O–H groups in total. The van der Waals surface area contributed by atoms with Gasteiger partial charge in [-0.05, 0) is 42.3 Å². The van der Waals surface area contributed by atoms with E-state index >= 15 is 0 Å². The summed E-state index contributed by atoms with van der Waals surface area (Å²) in [5, 5.41) is 12.3. The van der Waals surface area contributed by atoms with Crippen molar-refractivity contribution >= 4 is 35.3 Å². The number of halogens is 1. The fourth-order valence-corrected chi connectivity index (χ4v) is 3.95. The lowest BCUT2D eigenvalue weighted by Crippen LogP contribution is -2.37. The predicted molar refractivity (Wildman–Crippen MR) is 100 cm³/mol. The second-order valence-electron chi connectivity index (χ2n) is 6.03. The largest absolute Gasteiger partial charge is 0.398 e. The normalized spacial score (nSPS) is 18.2. The number of hydrogen-bond donors (Lipinski definition) is 2. The molecule has 0 saturated carbocycles. The van der Waals surface area contributed by atoms with Gasteiger partial charge >= 0.3 is 0 Å². The lowest BCUT2D eigenvalue weighted by molar-refractivity contribution is -0.131. The molecular weight excluding hydrogens is 344 g/mol. The van der Waals surface area contributed by atoms with E-state index in [2.05, 4.69) is 0 Å². The maximum atomic E-state index is 12.6. The molecule has 130 valence electrons. The van der Waals surface area contributed by atoms with E-state index in [1.54, 1.807) is 11.3 Å². The molecule has 24 heavy (non-hydrogen) atoms. The number of nitrogens with zero attached hydrogens (tertiary/aromatic N) is 1. The first kappa shape index (κ1) is 18.8. The van der Waals surface area contributed by atoms with E-state index < -0.39 is 6.10 Å². The van der Waals surface area contributed by atoms with Crippen LogP contribution in [0.1, 0.15) is 35.8 Å². The Morgan fingerprint density at radius 2 is 2.12 bits per heavy atom. The summed E-state index contributed by atoms with van der Waals surface area (Å²) in [6, 6.07) is 11.5. The Bertz CT molecular complexity index is 663. The molecule has 0 spiro atoms. The number of likely N-dealkylation sites (tertiary alicyclic amines) is 1. The molecule has 1 aromatic heterocycles. The highest BCUT2D eigenvalue weighted by Crippen LogP contribution is 2.30. The van der Waals surface area contributed by atoms with E-state index in [9.17, 15) is 9.90 Å².